The third-order valence-electron chi connectivity index (χ3n) is 4.07. The molecule has 5 heteroatoms. The van der Waals surface area contributed by atoms with Crippen molar-refractivity contribution in [1.82, 2.24) is 10.6 Å². The summed E-state index contributed by atoms with van der Waals surface area (Å²) < 4.78 is 0. The zero-order valence-electron chi connectivity index (χ0n) is 12.7. The van der Waals surface area contributed by atoms with Gasteiger partial charge in [0, 0.05) is 31.3 Å². The van der Waals surface area contributed by atoms with Gasteiger partial charge in [0.05, 0.1) is 0 Å². The van der Waals surface area contributed by atoms with Gasteiger partial charge in [0.1, 0.15) is 0 Å². The molecule has 20 heavy (non-hydrogen) atoms. The van der Waals surface area contributed by atoms with Crippen LogP contribution in [-0.4, -0.2) is 36.0 Å². The number of aliphatic imine (C=N–C) groups is 1. The lowest BCUT2D eigenvalue weighted by Crippen LogP contribution is -2.38. The van der Waals surface area contributed by atoms with Gasteiger partial charge in [0.25, 0.3) is 0 Å². The van der Waals surface area contributed by atoms with Crippen molar-refractivity contribution in [2.45, 2.75) is 58.4 Å². The molecule has 2 N–H and O–H groups in total. The Morgan fingerprint density at radius 2 is 2.10 bits per heavy atom. The highest BCUT2D eigenvalue weighted by atomic mass is 32.2. The second-order valence-electron chi connectivity index (χ2n) is 6.37. The molecule has 0 aromatic heterocycles. The van der Waals surface area contributed by atoms with Crippen LogP contribution in [0.25, 0.3) is 0 Å². The van der Waals surface area contributed by atoms with E-state index in [9.17, 15) is 4.79 Å². The van der Waals surface area contributed by atoms with Crippen LogP contribution >= 0.6 is 11.8 Å². The number of nitrogens with zero attached hydrogens (tertiary/aromatic N) is 1. The molecule has 0 unspecified atom stereocenters. The quantitative estimate of drug-likeness (QED) is 0.838. The minimum absolute atomic E-state index is 0.109. The van der Waals surface area contributed by atoms with Crippen LogP contribution < -0.4 is 10.6 Å². The monoisotopic (exact) mass is 297 g/mol. The van der Waals surface area contributed by atoms with Gasteiger partial charge in [0.15, 0.2) is 5.17 Å². The molecule has 0 bridgehead atoms. The zero-order chi connectivity index (χ0) is 14.4. The minimum Gasteiger partial charge on any atom is -0.364 e. The maximum Gasteiger partial charge on any atom is 0.221 e. The van der Waals surface area contributed by atoms with Gasteiger partial charge in [-0.05, 0) is 32.1 Å². The van der Waals surface area contributed by atoms with E-state index in [-0.39, 0.29) is 11.9 Å². The highest BCUT2D eigenvalue weighted by molar-refractivity contribution is 8.13. The molecule has 1 saturated carbocycles. The van der Waals surface area contributed by atoms with Crippen molar-refractivity contribution >= 4 is 22.8 Å². The Hall–Kier alpha value is -0.710. The second-order valence-corrected chi connectivity index (χ2v) is 7.33. The molecule has 1 aliphatic carbocycles. The number of amides is 1. The Labute approximate surface area is 126 Å². The summed E-state index contributed by atoms with van der Waals surface area (Å²) in [5, 5.41) is 7.23. The standard InChI is InChI=1S/C15H27N3OS/c1-12(2)18-13(19)6-9-16-14-17-10-15(11-20-14)7-4-3-5-8-15/h12H,3-11H2,1-2H3,(H,16,17)(H,18,19). The normalized spacial score (nSPS) is 21.6. The van der Waals surface area contributed by atoms with Crippen LogP contribution in [0.5, 0.6) is 0 Å². The van der Waals surface area contributed by atoms with Crippen molar-refractivity contribution in [2.24, 2.45) is 10.4 Å². The molecule has 1 amide bonds. The van der Waals surface area contributed by atoms with Crippen molar-refractivity contribution in [1.29, 1.82) is 0 Å². The van der Waals surface area contributed by atoms with Crippen LogP contribution in [0.4, 0.5) is 0 Å². The number of amidine groups is 1. The summed E-state index contributed by atoms with van der Waals surface area (Å²) in [6.45, 7) is 5.62. The fraction of sp³-hybridized carbons (Fsp3) is 0.867. The van der Waals surface area contributed by atoms with Gasteiger partial charge in [-0.25, -0.2) is 0 Å². The highest BCUT2D eigenvalue weighted by Gasteiger charge is 2.34. The van der Waals surface area contributed by atoms with Gasteiger partial charge in [0.2, 0.25) is 5.91 Å². The molecule has 0 aromatic rings. The summed E-state index contributed by atoms with van der Waals surface area (Å²) in [6, 6.07) is 0.218. The average Bonchev–Trinajstić information content (AvgIpc) is 2.41. The molecule has 1 heterocycles. The maximum absolute atomic E-state index is 11.5. The van der Waals surface area contributed by atoms with Crippen molar-refractivity contribution in [3.8, 4) is 0 Å². The van der Waals surface area contributed by atoms with Gasteiger partial charge in [-0.1, -0.05) is 31.0 Å². The van der Waals surface area contributed by atoms with Gasteiger partial charge in [-0.3, -0.25) is 9.79 Å². The zero-order valence-corrected chi connectivity index (χ0v) is 13.5. The number of hydrogen-bond acceptors (Lipinski definition) is 4. The molecule has 114 valence electrons. The largest absolute Gasteiger partial charge is 0.364 e. The van der Waals surface area contributed by atoms with Crippen LogP contribution in [0.2, 0.25) is 0 Å². The molecule has 1 aliphatic heterocycles. The Morgan fingerprint density at radius 3 is 2.70 bits per heavy atom. The van der Waals surface area contributed by atoms with Gasteiger partial charge in [-0.15, -0.1) is 0 Å². The van der Waals surface area contributed by atoms with E-state index in [0.717, 1.165) is 11.7 Å². The van der Waals surface area contributed by atoms with Gasteiger partial charge >= 0.3 is 0 Å². The first-order valence-electron chi connectivity index (χ1n) is 7.80. The number of thioether (sulfide) groups is 1. The first kappa shape index (κ1) is 15.7. The van der Waals surface area contributed by atoms with Crippen LogP contribution in [0.3, 0.4) is 0 Å². The van der Waals surface area contributed by atoms with E-state index < -0.39 is 0 Å². The maximum atomic E-state index is 11.5. The molecule has 2 aliphatic rings. The fourth-order valence-corrected chi connectivity index (χ4v) is 4.12. The lowest BCUT2D eigenvalue weighted by molar-refractivity contribution is -0.121. The SMILES string of the molecule is CC(C)NC(=O)CCNC1=NCC2(CCCCC2)CS1. The fourth-order valence-electron chi connectivity index (χ4n) is 2.94. The summed E-state index contributed by atoms with van der Waals surface area (Å²) in [5.74, 6) is 1.30. The number of hydrogen-bond donors (Lipinski definition) is 2. The molecular weight excluding hydrogens is 270 g/mol. The molecule has 0 atom stereocenters. The summed E-state index contributed by atoms with van der Waals surface area (Å²) in [5.41, 5.74) is 0.475. The Kier molecular flexibility index (Phi) is 5.75. The van der Waals surface area contributed by atoms with Crippen LogP contribution in [0.15, 0.2) is 4.99 Å². The minimum atomic E-state index is 0.109. The molecule has 2 rings (SSSR count). The van der Waals surface area contributed by atoms with E-state index in [4.69, 9.17) is 4.99 Å². The molecule has 0 aromatic carbocycles. The van der Waals surface area contributed by atoms with Crippen molar-refractivity contribution in [3.63, 3.8) is 0 Å². The number of carbonyl (C=O) groups is 1. The third-order valence-corrected chi connectivity index (χ3v) is 5.37. The summed E-state index contributed by atoms with van der Waals surface area (Å²) >= 11 is 1.84. The van der Waals surface area contributed by atoms with E-state index in [2.05, 4.69) is 10.6 Å². The van der Waals surface area contributed by atoms with Crippen molar-refractivity contribution < 1.29 is 4.79 Å². The molecule has 4 nitrogen and oxygen atoms in total. The smallest absolute Gasteiger partial charge is 0.221 e. The predicted octanol–water partition coefficient (Wildman–Crippen LogP) is 2.54. The topological polar surface area (TPSA) is 53.5 Å². The average molecular weight is 297 g/mol. The van der Waals surface area contributed by atoms with E-state index >= 15 is 0 Å². The van der Waals surface area contributed by atoms with Crippen LogP contribution in [0, 0.1) is 5.41 Å². The second kappa shape index (κ2) is 7.34. The van der Waals surface area contributed by atoms with E-state index in [1.54, 1.807) is 0 Å². The number of nitrogens with one attached hydrogen (secondary N) is 2. The van der Waals surface area contributed by atoms with E-state index in [0.29, 0.717) is 18.4 Å². The number of rotatable bonds is 4. The number of carbonyl (C=O) groups excluding carboxylic acids is 1. The van der Waals surface area contributed by atoms with E-state index in [1.165, 1.54) is 37.9 Å². The third kappa shape index (κ3) is 4.69. The molecule has 1 spiro atoms. The first-order valence-corrected chi connectivity index (χ1v) is 8.79. The van der Waals surface area contributed by atoms with E-state index in [1.807, 2.05) is 25.6 Å². The summed E-state index contributed by atoms with van der Waals surface area (Å²) in [7, 11) is 0. The first-order chi connectivity index (χ1) is 9.60. The summed E-state index contributed by atoms with van der Waals surface area (Å²) in [6.07, 6.45) is 7.33. The molecule has 0 saturated heterocycles. The van der Waals surface area contributed by atoms with Crippen molar-refractivity contribution in [3.05, 3.63) is 0 Å². The van der Waals surface area contributed by atoms with Crippen molar-refractivity contribution in [2.75, 3.05) is 18.8 Å². The Morgan fingerprint density at radius 1 is 1.35 bits per heavy atom. The predicted molar refractivity (Wildman–Crippen MR) is 86.2 cm³/mol. The lowest BCUT2D eigenvalue weighted by Gasteiger charge is -2.38. The lowest BCUT2D eigenvalue weighted by atomic mass is 9.75. The highest BCUT2D eigenvalue weighted by Crippen LogP contribution is 2.41. The van der Waals surface area contributed by atoms with Gasteiger partial charge in [-0.2, -0.15) is 0 Å². The Bertz CT molecular complexity index is 362. The van der Waals surface area contributed by atoms with Crippen LogP contribution in [0.1, 0.15) is 52.4 Å². The molecular formula is C15H27N3OS. The Balaban J connectivity index is 1.69. The molecule has 0 radical (unpaired) electrons. The van der Waals surface area contributed by atoms with Crippen LogP contribution in [-0.2, 0) is 4.79 Å². The summed E-state index contributed by atoms with van der Waals surface area (Å²) in [4.78, 5) is 16.2. The van der Waals surface area contributed by atoms with Gasteiger partial charge < -0.3 is 10.6 Å². The molecule has 1 fully saturated rings.